The molecule has 0 fully saturated rings. The summed E-state index contributed by atoms with van der Waals surface area (Å²) in [6, 6.07) is 7.21. The first kappa shape index (κ1) is 17.3. The molecule has 1 rings (SSSR count). The van der Waals surface area contributed by atoms with Crippen molar-refractivity contribution >= 4 is 23.6 Å². The van der Waals surface area contributed by atoms with Crippen molar-refractivity contribution in [3.05, 3.63) is 34.9 Å². The molecule has 1 aromatic rings. The molecule has 0 saturated carbocycles. The third-order valence-corrected chi connectivity index (χ3v) is 2.95. The molecule has 0 heterocycles. The molecule has 2 N–H and O–H groups in total. The summed E-state index contributed by atoms with van der Waals surface area (Å²) in [5.74, 6) is -0.243. The summed E-state index contributed by atoms with van der Waals surface area (Å²) >= 11 is 5.87. The van der Waals surface area contributed by atoms with Gasteiger partial charge in [0.2, 0.25) is 0 Å². The van der Waals surface area contributed by atoms with Crippen molar-refractivity contribution in [2.24, 2.45) is 0 Å². The number of hydrogen-bond acceptors (Lipinski definition) is 3. The normalized spacial score (nSPS) is 10.0. The predicted octanol–water partition coefficient (Wildman–Crippen LogP) is 2.53. The Morgan fingerprint density at radius 2 is 2.10 bits per heavy atom. The fourth-order valence-electron chi connectivity index (χ4n) is 1.69. The predicted molar refractivity (Wildman–Crippen MR) is 82.4 cm³/mol. The molecule has 2 amide bonds. The minimum atomic E-state index is -0.243. The summed E-state index contributed by atoms with van der Waals surface area (Å²) in [6.07, 6.45) is 1.53. The van der Waals surface area contributed by atoms with E-state index in [0.717, 1.165) is 5.56 Å². The molecule has 6 heteroatoms. The van der Waals surface area contributed by atoms with Gasteiger partial charge in [-0.2, -0.15) is 0 Å². The Hall–Kier alpha value is -1.75. The minimum Gasteiger partial charge on any atom is -0.466 e. The van der Waals surface area contributed by atoms with Crippen LogP contribution in [0.2, 0.25) is 5.02 Å². The number of aryl methyl sites for hydroxylation is 1. The van der Waals surface area contributed by atoms with Gasteiger partial charge >= 0.3 is 12.0 Å². The van der Waals surface area contributed by atoms with E-state index >= 15 is 0 Å². The lowest BCUT2D eigenvalue weighted by Crippen LogP contribution is -2.36. The molecular weight excluding hydrogens is 292 g/mol. The van der Waals surface area contributed by atoms with Crippen molar-refractivity contribution in [3.8, 4) is 0 Å². The number of esters is 1. The second-order valence-electron chi connectivity index (χ2n) is 4.49. The highest BCUT2D eigenvalue weighted by Crippen LogP contribution is 2.12. The molecule has 1 aromatic carbocycles. The zero-order chi connectivity index (χ0) is 15.5. The van der Waals surface area contributed by atoms with Crippen molar-refractivity contribution < 1.29 is 14.3 Å². The van der Waals surface area contributed by atoms with Gasteiger partial charge in [0.15, 0.2) is 0 Å². The van der Waals surface area contributed by atoms with Crippen LogP contribution < -0.4 is 10.6 Å². The largest absolute Gasteiger partial charge is 0.466 e. The SMILES string of the molecule is CCNC(=O)NCCCOC(=O)CCc1cccc(Cl)c1. The van der Waals surface area contributed by atoms with Crippen LogP contribution in [0.25, 0.3) is 0 Å². The van der Waals surface area contributed by atoms with Crippen LogP contribution in [0.1, 0.15) is 25.3 Å². The number of carbonyl (C=O) groups is 2. The van der Waals surface area contributed by atoms with Gasteiger partial charge in [0, 0.05) is 24.5 Å². The molecule has 0 radical (unpaired) electrons. The Labute approximate surface area is 130 Å². The molecular formula is C15H21ClN2O3. The average molecular weight is 313 g/mol. The van der Waals surface area contributed by atoms with Gasteiger partial charge in [-0.15, -0.1) is 0 Å². The molecule has 0 spiro atoms. The number of carbonyl (C=O) groups excluding carboxylic acids is 2. The molecule has 21 heavy (non-hydrogen) atoms. The smallest absolute Gasteiger partial charge is 0.314 e. The first-order chi connectivity index (χ1) is 10.1. The lowest BCUT2D eigenvalue weighted by Gasteiger charge is -2.07. The van der Waals surface area contributed by atoms with E-state index in [1.807, 2.05) is 25.1 Å². The van der Waals surface area contributed by atoms with Gasteiger partial charge in [0.1, 0.15) is 0 Å². The third-order valence-electron chi connectivity index (χ3n) is 2.71. The van der Waals surface area contributed by atoms with Gasteiger partial charge in [-0.25, -0.2) is 4.79 Å². The number of benzene rings is 1. The minimum absolute atomic E-state index is 0.204. The molecule has 5 nitrogen and oxygen atoms in total. The van der Waals surface area contributed by atoms with Gasteiger partial charge in [0.05, 0.1) is 6.61 Å². The van der Waals surface area contributed by atoms with E-state index in [9.17, 15) is 9.59 Å². The van der Waals surface area contributed by atoms with Crippen LogP contribution in [-0.4, -0.2) is 31.7 Å². The maximum absolute atomic E-state index is 11.5. The number of urea groups is 1. The van der Waals surface area contributed by atoms with E-state index in [1.54, 1.807) is 6.07 Å². The summed E-state index contributed by atoms with van der Waals surface area (Å²) < 4.78 is 5.09. The summed E-state index contributed by atoms with van der Waals surface area (Å²) in [5, 5.41) is 5.95. The van der Waals surface area contributed by atoms with Gasteiger partial charge in [-0.3, -0.25) is 4.79 Å². The quantitative estimate of drug-likeness (QED) is 0.572. The summed E-state index contributed by atoms with van der Waals surface area (Å²) in [6.45, 7) is 3.22. The van der Waals surface area contributed by atoms with Gasteiger partial charge in [-0.05, 0) is 37.5 Å². The zero-order valence-corrected chi connectivity index (χ0v) is 12.9. The van der Waals surface area contributed by atoms with E-state index in [1.165, 1.54) is 0 Å². The molecule has 0 bridgehead atoms. The van der Waals surface area contributed by atoms with Crippen molar-refractivity contribution in [1.82, 2.24) is 10.6 Å². The molecule has 0 unspecified atom stereocenters. The zero-order valence-electron chi connectivity index (χ0n) is 12.2. The second kappa shape index (κ2) is 10.0. The number of nitrogens with one attached hydrogen (secondary N) is 2. The molecule has 0 aliphatic carbocycles. The first-order valence-corrected chi connectivity index (χ1v) is 7.41. The van der Waals surface area contributed by atoms with Crippen LogP contribution in [0.5, 0.6) is 0 Å². The molecule has 0 aliphatic heterocycles. The average Bonchev–Trinajstić information content (AvgIpc) is 2.45. The van der Waals surface area contributed by atoms with E-state index < -0.39 is 0 Å². The maximum Gasteiger partial charge on any atom is 0.314 e. The van der Waals surface area contributed by atoms with Crippen molar-refractivity contribution in [1.29, 1.82) is 0 Å². The maximum atomic E-state index is 11.5. The van der Waals surface area contributed by atoms with Crippen LogP contribution in [0.4, 0.5) is 4.79 Å². The summed E-state index contributed by atoms with van der Waals surface area (Å²) in [5.41, 5.74) is 1.01. The topological polar surface area (TPSA) is 67.4 Å². The summed E-state index contributed by atoms with van der Waals surface area (Å²) in [7, 11) is 0. The first-order valence-electron chi connectivity index (χ1n) is 7.03. The standard InChI is InChI=1S/C15H21ClN2O3/c1-2-17-15(20)18-9-4-10-21-14(19)8-7-12-5-3-6-13(16)11-12/h3,5-6,11H,2,4,7-10H2,1H3,(H2,17,18,20). The van der Waals surface area contributed by atoms with Gasteiger partial charge < -0.3 is 15.4 Å². The second-order valence-corrected chi connectivity index (χ2v) is 4.93. The van der Waals surface area contributed by atoms with E-state index in [0.29, 0.717) is 44.0 Å². The Balaban J connectivity index is 2.08. The number of halogens is 1. The Bertz CT molecular complexity index is 466. The number of ether oxygens (including phenoxy) is 1. The van der Waals surface area contributed by atoms with Crippen LogP contribution >= 0.6 is 11.6 Å². The van der Waals surface area contributed by atoms with Crippen molar-refractivity contribution in [3.63, 3.8) is 0 Å². The molecule has 0 saturated heterocycles. The molecule has 116 valence electrons. The third kappa shape index (κ3) is 8.19. The monoisotopic (exact) mass is 312 g/mol. The number of rotatable bonds is 8. The van der Waals surface area contributed by atoms with Crippen LogP contribution in [0.3, 0.4) is 0 Å². The Morgan fingerprint density at radius 3 is 2.81 bits per heavy atom. The van der Waals surface area contributed by atoms with Crippen LogP contribution in [-0.2, 0) is 16.0 Å². The lowest BCUT2D eigenvalue weighted by atomic mass is 10.1. The number of amides is 2. The lowest BCUT2D eigenvalue weighted by molar-refractivity contribution is -0.143. The highest BCUT2D eigenvalue weighted by Gasteiger charge is 2.04. The van der Waals surface area contributed by atoms with Crippen molar-refractivity contribution in [2.45, 2.75) is 26.2 Å². The molecule has 0 atom stereocenters. The Kier molecular flexibility index (Phi) is 8.28. The fraction of sp³-hybridized carbons (Fsp3) is 0.467. The highest BCUT2D eigenvalue weighted by atomic mass is 35.5. The van der Waals surface area contributed by atoms with Crippen molar-refractivity contribution in [2.75, 3.05) is 19.7 Å². The van der Waals surface area contributed by atoms with E-state index in [-0.39, 0.29) is 12.0 Å². The van der Waals surface area contributed by atoms with E-state index in [4.69, 9.17) is 16.3 Å². The van der Waals surface area contributed by atoms with Crippen LogP contribution in [0.15, 0.2) is 24.3 Å². The fourth-order valence-corrected chi connectivity index (χ4v) is 1.91. The Morgan fingerprint density at radius 1 is 1.29 bits per heavy atom. The summed E-state index contributed by atoms with van der Waals surface area (Å²) in [4.78, 5) is 22.6. The van der Waals surface area contributed by atoms with Gasteiger partial charge in [0.25, 0.3) is 0 Å². The molecule has 0 aromatic heterocycles. The molecule has 0 aliphatic rings. The van der Waals surface area contributed by atoms with E-state index in [2.05, 4.69) is 10.6 Å². The number of hydrogen-bond donors (Lipinski definition) is 2. The van der Waals surface area contributed by atoms with Gasteiger partial charge in [-0.1, -0.05) is 23.7 Å². The van der Waals surface area contributed by atoms with Crippen LogP contribution in [0, 0.1) is 0 Å². The highest BCUT2D eigenvalue weighted by molar-refractivity contribution is 6.30.